The number of likely N-dealkylation sites (tertiary alicyclic amines) is 1. The normalized spacial score (nSPS) is 20.2. The van der Waals surface area contributed by atoms with Crippen LogP contribution in [0.4, 0.5) is 13.2 Å². The van der Waals surface area contributed by atoms with Crippen molar-refractivity contribution in [2.75, 3.05) is 39.3 Å². The van der Waals surface area contributed by atoms with Gasteiger partial charge in [-0.1, -0.05) is 0 Å². The van der Waals surface area contributed by atoms with Gasteiger partial charge >= 0.3 is 6.36 Å². The highest BCUT2D eigenvalue weighted by atomic mass is 32.2. The van der Waals surface area contributed by atoms with Crippen molar-refractivity contribution >= 4 is 27.7 Å². The molecular formula is C22H29F3N4O6S. The fourth-order valence-corrected chi connectivity index (χ4v) is 5.89. The van der Waals surface area contributed by atoms with E-state index in [9.17, 15) is 36.0 Å². The van der Waals surface area contributed by atoms with Gasteiger partial charge in [0.2, 0.25) is 27.7 Å². The first kappa shape index (κ1) is 27.7. The van der Waals surface area contributed by atoms with Gasteiger partial charge in [-0.15, -0.1) is 13.2 Å². The average Bonchev–Trinajstić information content (AvgIpc) is 2.81. The minimum absolute atomic E-state index is 0.0112. The molecular weight excluding hydrogens is 505 g/mol. The van der Waals surface area contributed by atoms with Crippen LogP contribution >= 0.6 is 0 Å². The number of carbonyl (C=O) groups is 3. The van der Waals surface area contributed by atoms with Crippen molar-refractivity contribution in [1.29, 1.82) is 0 Å². The van der Waals surface area contributed by atoms with E-state index in [1.807, 2.05) is 0 Å². The molecule has 200 valence electrons. The number of ether oxygens (including phenoxy) is 1. The Labute approximate surface area is 207 Å². The van der Waals surface area contributed by atoms with Gasteiger partial charge in [0.1, 0.15) is 11.8 Å². The summed E-state index contributed by atoms with van der Waals surface area (Å²) in [6.07, 6.45) is -3.54. The van der Waals surface area contributed by atoms with Crippen molar-refractivity contribution in [3.8, 4) is 5.75 Å². The van der Waals surface area contributed by atoms with E-state index in [1.165, 1.54) is 18.7 Å². The van der Waals surface area contributed by atoms with Crippen LogP contribution in [0.5, 0.6) is 5.75 Å². The van der Waals surface area contributed by atoms with Gasteiger partial charge in [0, 0.05) is 53.1 Å². The summed E-state index contributed by atoms with van der Waals surface area (Å²) in [6.45, 7) is 4.02. The molecule has 1 aromatic carbocycles. The van der Waals surface area contributed by atoms with E-state index < -0.39 is 34.1 Å². The van der Waals surface area contributed by atoms with Crippen molar-refractivity contribution < 1.29 is 40.7 Å². The Morgan fingerprint density at radius 3 is 2.08 bits per heavy atom. The fraction of sp³-hybridized carbons (Fsp3) is 0.591. The molecule has 2 saturated heterocycles. The molecule has 0 aromatic heterocycles. The van der Waals surface area contributed by atoms with Crippen LogP contribution in [0.25, 0.3) is 0 Å². The van der Waals surface area contributed by atoms with E-state index >= 15 is 0 Å². The molecule has 3 rings (SSSR count). The minimum atomic E-state index is -4.92. The molecule has 0 saturated carbocycles. The van der Waals surface area contributed by atoms with Crippen LogP contribution in [0.1, 0.15) is 26.7 Å². The molecule has 0 unspecified atom stereocenters. The molecule has 3 amide bonds. The average molecular weight is 535 g/mol. The number of hydrogen-bond acceptors (Lipinski definition) is 6. The summed E-state index contributed by atoms with van der Waals surface area (Å²) in [6, 6.07) is 2.51. The van der Waals surface area contributed by atoms with E-state index in [4.69, 9.17) is 0 Å². The van der Waals surface area contributed by atoms with Crippen LogP contribution in [0.3, 0.4) is 0 Å². The number of sulfonamides is 1. The smallest absolute Gasteiger partial charge is 0.406 e. The Morgan fingerprint density at radius 1 is 0.972 bits per heavy atom. The molecule has 2 aliphatic heterocycles. The number of carbonyl (C=O) groups excluding carboxylic acids is 3. The maximum Gasteiger partial charge on any atom is 0.573 e. The SMILES string of the molecule is CC(=O)N1CCC(CNC(=O)[C@H]2CN(C(C)=O)CCN2S(=O)(=O)c2ccc(OC(F)(F)F)cc2)CC1. The monoisotopic (exact) mass is 534 g/mol. The Kier molecular flexibility index (Phi) is 8.49. The number of halogens is 3. The summed E-state index contributed by atoms with van der Waals surface area (Å²) in [7, 11) is -4.27. The van der Waals surface area contributed by atoms with Gasteiger partial charge in [0.15, 0.2) is 0 Å². The van der Waals surface area contributed by atoms with E-state index in [0.29, 0.717) is 32.5 Å². The third-order valence-corrected chi connectivity index (χ3v) is 8.29. The summed E-state index contributed by atoms with van der Waals surface area (Å²) < 4.78 is 68.7. The van der Waals surface area contributed by atoms with Crippen molar-refractivity contribution in [2.45, 2.75) is 44.0 Å². The largest absolute Gasteiger partial charge is 0.573 e. The Morgan fingerprint density at radius 2 is 1.56 bits per heavy atom. The van der Waals surface area contributed by atoms with Crippen molar-refractivity contribution in [2.24, 2.45) is 5.92 Å². The zero-order valence-electron chi connectivity index (χ0n) is 20.0. The predicted octanol–water partition coefficient (Wildman–Crippen LogP) is 1.18. The molecule has 2 fully saturated rings. The van der Waals surface area contributed by atoms with E-state index in [-0.39, 0.29) is 42.3 Å². The standard InChI is InChI=1S/C22H29F3N4O6S/c1-15(30)27-9-7-17(8-10-27)13-26-21(32)20-14-28(16(2)31)11-12-29(20)36(33,34)19-5-3-18(4-6-19)35-22(23,24)25/h3-6,17,20H,7-14H2,1-2H3,(H,26,32)/t20-/m1/s1. The molecule has 36 heavy (non-hydrogen) atoms. The van der Waals surface area contributed by atoms with E-state index in [2.05, 4.69) is 10.1 Å². The number of nitrogens with one attached hydrogen (secondary N) is 1. The second-order valence-electron chi connectivity index (χ2n) is 8.81. The third kappa shape index (κ3) is 6.87. The number of benzene rings is 1. The molecule has 2 heterocycles. The topological polar surface area (TPSA) is 116 Å². The number of piperazine rings is 1. The van der Waals surface area contributed by atoms with Crippen molar-refractivity contribution in [3.63, 3.8) is 0 Å². The van der Waals surface area contributed by atoms with Crippen molar-refractivity contribution in [3.05, 3.63) is 24.3 Å². The van der Waals surface area contributed by atoms with Gasteiger partial charge in [0.05, 0.1) is 4.90 Å². The zero-order chi connectivity index (χ0) is 26.7. The fourth-order valence-electron chi connectivity index (χ4n) is 4.32. The van der Waals surface area contributed by atoms with Gasteiger partial charge in [-0.3, -0.25) is 14.4 Å². The molecule has 1 atom stereocenters. The lowest BCUT2D eigenvalue weighted by Gasteiger charge is -2.39. The van der Waals surface area contributed by atoms with Crippen LogP contribution in [0.2, 0.25) is 0 Å². The Balaban J connectivity index is 1.73. The molecule has 1 N–H and O–H groups in total. The highest BCUT2D eigenvalue weighted by Crippen LogP contribution is 2.27. The molecule has 0 radical (unpaired) electrons. The molecule has 0 bridgehead atoms. The molecule has 0 spiro atoms. The Bertz CT molecular complexity index is 1070. The number of rotatable bonds is 6. The maximum atomic E-state index is 13.3. The second-order valence-corrected chi connectivity index (χ2v) is 10.7. The van der Waals surface area contributed by atoms with Crippen LogP contribution < -0.4 is 10.1 Å². The van der Waals surface area contributed by atoms with Crippen LogP contribution in [-0.4, -0.2) is 91.9 Å². The van der Waals surface area contributed by atoms with Gasteiger partial charge in [-0.2, -0.15) is 4.31 Å². The first-order chi connectivity index (χ1) is 16.8. The number of piperidine rings is 1. The Hall–Kier alpha value is -2.87. The quantitative estimate of drug-likeness (QED) is 0.586. The maximum absolute atomic E-state index is 13.3. The van der Waals surface area contributed by atoms with E-state index in [1.54, 1.807) is 4.90 Å². The van der Waals surface area contributed by atoms with Gasteiger partial charge in [-0.05, 0) is 43.0 Å². The summed E-state index contributed by atoms with van der Waals surface area (Å²) >= 11 is 0. The lowest BCUT2D eigenvalue weighted by Crippen LogP contribution is -2.61. The van der Waals surface area contributed by atoms with Crippen LogP contribution in [0.15, 0.2) is 29.2 Å². The second kappa shape index (κ2) is 11.0. The highest BCUT2D eigenvalue weighted by Gasteiger charge is 2.41. The van der Waals surface area contributed by atoms with Gasteiger partial charge in [-0.25, -0.2) is 8.42 Å². The first-order valence-electron chi connectivity index (χ1n) is 11.4. The molecule has 1 aromatic rings. The third-order valence-electron chi connectivity index (χ3n) is 6.37. The summed E-state index contributed by atoms with van der Waals surface area (Å²) in [5.41, 5.74) is 0. The van der Waals surface area contributed by atoms with Crippen LogP contribution in [-0.2, 0) is 24.4 Å². The number of hydrogen-bond donors (Lipinski definition) is 1. The lowest BCUT2D eigenvalue weighted by molar-refractivity contribution is -0.274. The summed E-state index contributed by atoms with van der Waals surface area (Å²) in [5, 5.41) is 2.78. The van der Waals surface area contributed by atoms with Crippen LogP contribution in [0, 0.1) is 5.92 Å². The molecule has 10 nitrogen and oxygen atoms in total. The lowest BCUT2D eigenvalue weighted by atomic mass is 9.96. The predicted molar refractivity (Wildman–Crippen MR) is 121 cm³/mol. The molecule has 2 aliphatic rings. The summed E-state index contributed by atoms with van der Waals surface area (Å²) in [4.78, 5) is 39.3. The minimum Gasteiger partial charge on any atom is -0.406 e. The van der Waals surface area contributed by atoms with Crippen molar-refractivity contribution in [1.82, 2.24) is 19.4 Å². The number of alkyl halides is 3. The summed E-state index contributed by atoms with van der Waals surface area (Å²) in [5.74, 6) is -1.36. The highest BCUT2D eigenvalue weighted by molar-refractivity contribution is 7.89. The van der Waals surface area contributed by atoms with Gasteiger partial charge in [0.25, 0.3) is 0 Å². The molecule has 14 heteroatoms. The number of amides is 3. The van der Waals surface area contributed by atoms with Gasteiger partial charge < -0.3 is 19.9 Å². The zero-order valence-corrected chi connectivity index (χ0v) is 20.8. The number of nitrogens with zero attached hydrogens (tertiary/aromatic N) is 3. The van der Waals surface area contributed by atoms with E-state index in [0.717, 1.165) is 28.6 Å². The first-order valence-corrected chi connectivity index (χ1v) is 12.9. The molecule has 0 aliphatic carbocycles.